The van der Waals surface area contributed by atoms with Crippen LogP contribution in [0.5, 0.6) is 0 Å². The quantitative estimate of drug-likeness (QED) is 0.757. The third-order valence-corrected chi connectivity index (χ3v) is 4.82. The van der Waals surface area contributed by atoms with E-state index >= 15 is 0 Å². The molecule has 1 saturated heterocycles. The van der Waals surface area contributed by atoms with Gasteiger partial charge in [0.2, 0.25) is 0 Å². The molecule has 1 N–H and O–H groups in total. The van der Waals surface area contributed by atoms with Crippen LogP contribution in [-0.2, 0) is 11.3 Å². The molecule has 0 radical (unpaired) electrons. The van der Waals surface area contributed by atoms with E-state index in [1.807, 2.05) is 0 Å². The van der Waals surface area contributed by atoms with Gasteiger partial charge in [-0.3, -0.25) is 14.4 Å². The summed E-state index contributed by atoms with van der Waals surface area (Å²) in [6.45, 7) is 6.50. The minimum absolute atomic E-state index is 0.138. The highest BCUT2D eigenvalue weighted by Gasteiger charge is 2.29. The third kappa shape index (κ3) is 5.98. The lowest BCUT2D eigenvalue weighted by Crippen LogP contribution is -2.52. The molecule has 0 bridgehead atoms. The van der Waals surface area contributed by atoms with Crippen molar-refractivity contribution in [1.82, 2.24) is 20.0 Å². The molecule has 0 unspecified atom stereocenters. The predicted molar refractivity (Wildman–Crippen MR) is 90.9 cm³/mol. The Morgan fingerprint density at radius 2 is 1.96 bits per heavy atom. The van der Waals surface area contributed by atoms with Crippen molar-refractivity contribution in [3.8, 4) is 0 Å². The molecule has 0 aromatic carbocycles. The first-order valence-corrected chi connectivity index (χ1v) is 9.03. The molecule has 0 saturated carbocycles. The molecule has 1 atom stereocenters. The normalized spacial score (nSPS) is 17.5. The van der Waals surface area contributed by atoms with E-state index in [1.54, 1.807) is 0 Å². The van der Waals surface area contributed by atoms with E-state index in [2.05, 4.69) is 29.2 Å². The van der Waals surface area contributed by atoms with Crippen molar-refractivity contribution in [3.05, 3.63) is 18.0 Å². The van der Waals surface area contributed by atoms with E-state index in [0.29, 0.717) is 25.7 Å². The van der Waals surface area contributed by atoms with Crippen LogP contribution in [0.2, 0.25) is 0 Å². The topological polar surface area (TPSA) is 59.4 Å². The van der Waals surface area contributed by atoms with Crippen LogP contribution in [0, 0.1) is 5.92 Å². The Morgan fingerprint density at radius 1 is 1.31 bits per heavy atom. The number of carbonyl (C=O) groups is 1. The van der Waals surface area contributed by atoms with Crippen molar-refractivity contribution in [2.45, 2.75) is 45.5 Å². The van der Waals surface area contributed by atoms with Gasteiger partial charge in [-0.15, -0.1) is 0 Å². The van der Waals surface area contributed by atoms with E-state index < -0.39 is 18.6 Å². The first-order valence-electron chi connectivity index (χ1n) is 9.03. The Kier molecular flexibility index (Phi) is 7.45. The van der Waals surface area contributed by atoms with Crippen LogP contribution < -0.4 is 5.32 Å². The Bertz CT molecular complexity index is 567. The third-order valence-electron chi connectivity index (χ3n) is 4.82. The molecule has 6 nitrogen and oxygen atoms in total. The van der Waals surface area contributed by atoms with Crippen molar-refractivity contribution in [3.63, 3.8) is 0 Å². The fourth-order valence-electron chi connectivity index (χ4n) is 3.39. The number of halogens is 3. The number of alkyl halides is 3. The molecule has 1 amide bonds. The summed E-state index contributed by atoms with van der Waals surface area (Å²) in [4.78, 5) is 14.6. The molecule has 1 aromatic rings. The van der Waals surface area contributed by atoms with Crippen LogP contribution in [0.1, 0.15) is 37.0 Å². The average Bonchev–Trinajstić information content (AvgIpc) is 3.05. The van der Waals surface area contributed by atoms with Gasteiger partial charge in [-0.25, -0.2) is 0 Å². The van der Waals surface area contributed by atoms with Gasteiger partial charge in [0.05, 0.1) is 25.0 Å². The lowest BCUT2D eigenvalue weighted by molar-refractivity contribution is -0.142. The average molecular weight is 376 g/mol. The monoisotopic (exact) mass is 376 g/mol. The summed E-state index contributed by atoms with van der Waals surface area (Å²) in [5.41, 5.74) is 0.138. The second-order valence-electron chi connectivity index (χ2n) is 6.54. The van der Waals surface area contributed by atoms with Crippen molar-refractivity contribution in [2.75, 3.05) is 32.8 Å². The lowest BCUT2D eigenvalue weighted by atomic mass is 9.92. The first-order chi connectivity index (χ1) is 12.3. The van der Waals surface area contributed by atoms with E-state index in [0.717, 1.165) is 36.8 Å². The van der Waals surface area contributed by atoms with Crippen molar-refractivity contribution < 1.29 is 22.7 Å². The molecule has 9 heteroatoms. The second-order valence-corrected chi connectivity index (χ2v) is 6.54. The molecule has 148 valence electrons. The number of hydrogen-bond acceptors (Lipinski definition) is 4. The van der Waals surface area contributed by atoms with Crippen LogP contribution in [0.25, 0.3) is 0 Å². The maximum atomic E-state index is 12.4. The SMILES string of the molecule is CCC(CC)[C@H](CNC(=O)c1cnn(CC(F)(F)F)c1)N1CCOCC1. The molecule has 26 heavy (non-hydrogen) atoms. The Balaban J connectivity index is 1.97. The molecule has 1 aliphatic heterocycles. The molecule has 2 rings (SSSR count). The van der Waals surface area contributed by atoms with Gasteiger partial charge >= 0.3 is 6.18 Å². The van der Waals surface area contributed by atoms with E-state index in [4.69, 9.17) is 4.74 Å². The Labute approximate surface area is 151 Å². The highest BCUT2D eigenvalue weighted by atomic mass is 19.4. The van der Waals surface area contributed by atoms with Gasteiger partial charge in [0, 0.05) is 31.9 Å². The molecule has 1 aliphatic rings. The van der Waals surface area contributed by atoms with Crippen LogP contribution >= 0.6 is 0 Å². The molecular weight excluding hydrogens is 349 g/mol. The van der Waals surface area contributed by atoms with Crippen molar-refractivity contribution in [1.29, 1.82) is 0 Å². The van der Waals surface area contributed by atoms with Gasteiger partial charge in [0.25, 0.3) is 5.91 Å². The summed E-state index contributed by atoms with van der Waals surface area (Å²) >= 11 is 0. The summed E-state index contributed by atoms with van der Waals surface area (Å²) in [6, 6.07) is 0.183. The number of amides is 1. The van der Waals surface area contributed by atoms with Crippen molar-refractivity contribution >= 4 is 5.91 Å². The van der Waals surface area contributed by atoms with E-state index in [-0.39, 0.29) is 11.6 Å². The maximum absolute atomic E-state index is 12.4. The minimum atomic E-state index is -4.36. The summed E-state index contributed by atoms with van der Waals surface area (Å²) in [5, 5.41) is 6.48. The maximum Gasteiger partial charge on any atom is 0.408 e. The molecule has 0 aliphatic carbocycles. The largest absolute Gasteiger partial charge is 0.408 e. The zero-order valence-corrected chi connectivity index (χ0v) is 15.3. The molecular formula is C17H27F3N4O2. The number of aromatic nitrogens is 2. The van der Waals surface area contributed by atoms with Gasteiger partial charge in [0.1, 0.15) is 6.54 Å². The fraction of sp³-hybridized carbons (Fsp3) is 0.765. The summed E-state index contributed by atoms with van der Waals surface area (Å²) < 4.78 is 43.3. The highest BCUT2D eigenvalue weighted by Crippen LogP contribution is 2.20. The number of hydrogen-bond donors (Lipinski definition) is 1. The van der Waals surface area contributed by atoms with Crippen LogP contribution in [-0.4, -0.2) is 65.7 Å². The Hall–Kier alpha value is -1.61. The highest BCUT2D eigenvalue weighted by molar-refractivity contribution is 5.93. The molecule has 0 spiro atoms. The number of nitrogens with one attached hydrogen (secondary N) is 1. The molecule has 1 aromatic heterocycles. The fourth-order valence-corrected chi connectivity index (χ4v) is 3.39. The van der Waals surface area contributed by atoms with Gasteiger partial charge in [0.15, 0.2) is 0 Å². The van der Waals surface area contributed by atoms with E-state index in [9.17, 15) is 18.0 Å². The van der Waals surface area contributed by atoms with E-state index in [1.165, 1.54) is 6.20 Å². The molecule has 2 heterocycles. The summed E-state index contributed by atoms with van der Waals surface area (Å²) in [6.07, 6.45) is -0.0713. The first kappa shape index (κ1) is 20.7. The minimum Gasteiger partial charge on any atom is -0.379 e. The predicted octanol–water partition coefficient (Wildman–Crippen LogP) is 2.31. The smallest absolute Gasteiger partial charge is 0.379 e. The number of morpholine rings is 1. The van der Waals surface area contributed by atoms with Gasteiger partial charge in [-0.1, -0.05) is 26.7 Å². The zero-order valence-electron chi connectivity index (χ0n) is 15.3. The van der Waals surface area contributed by atoms with Crippen molar-refractivity contribution in [2.24, 2.45) is 5.92 Å². The number of carbonyl (C=O) groups excluding carboxylic acids is 1. The standard InChI is InChI=1S/C17H27F3N4O2/c1-3-13(4-2)15(23-5-7-26-8-6-23)10-21-16(25)14-9-22-24(11-14)12-17(18,19)20/h9,11,13,15H,3-8,10,12H2,1-2H3,(H,21,25)/t15-/m0/s1. The molecule has 1 fully saturated rings. The second kappa shape index (κ2) is 9.36. The van der Waals surface area contributed by atoms with Gasteiger partial charge in [-0.2, -0.15) is 18.3 Å². The lowest BCUT2D eigenvalue weighted by Gasteiger charge is -2.38. The summed E-state index contributed by atoms with van der Waals surface area (Å²) in [5.74, 6) is 0.0315. The van der Waals surface area contributed by atoms with Gasteiger partial charge < -0.3 is 10.1 Å². The van der Waals surface area contributed by atoms with Crippen LogP contribution in [0.3, 0.4) is 0 Å². The Morgan fingerprint density at radius 3 is 2.54 bits per heavy atom. The number of ether oxygens (including phenoxy) is 1. The zero-order chi connectivity index (χ0) is 19.2. The number of rotatable bonds is 8. The van der Waals surface area contributed by atoms with Crippen LogP contribution in [0.4, 0.5) is 13.2 Å². The van der Waals surface area contributed by atoms with Gasteiger partial charge in [-0.05, 0) is 5.92 Å². The van der Waals surface area contributed by atoms with Crippen LogP contribution in [0.15, 0.2) is 12.4 Å². The summed E-state index contributed by atoms with van der Waals surface area (Å²) in [7, 11) is 0. The number of nitrogens with zero attached hydrogens (tertiary/aromatic N) is 3.